The third-order valence-electron chi connectivity index (χ3n) is 5.72. The number of nitrogens with zero attached hydrogens (tertiary/aromatic N) is 1. The van der Waals surface area contributed by atoms with E-state index < -0.39 is 5.91 Å². The summed E-state index contributed by atoms with van der Waals surface area (Å²) in [5.41, 5.74) is 11.6. The van der Waals surface area contributed by atoms with Gasteiger partial charge < -0.3 is 15.0 Å². The minimum Gasteiger partial charge on any atom is -0.489 e. The molecule has 1 radical (unpaired) electrons. The molecule has 2 N–H and O–H groups in total. The topological polar surface area (TPSA) is 57.2 Å². The molecule has 0 unspecified atom stereocenters. The van der Waals surface area contributed by atoms with Gasteiger partial charge in [-0.3, -0.25) is 4.79 Å². The van der Waals surface area contributed by atoms with Crippen LogP contribution >= 0.6 is 0 Å². The van der Waals surface area contributed by atoms with E-state index in [-0.39, 0.29) is 0 Å². The minimum absolute atomic E-state index is 0.427. The van der Waals surface area contributed by atoms with Gasteiger partial charge in [0.1, 0.15) is 12.4 Å². The summed E-state index contributed by atoms with van der Waals surface area (Å²) < 4.78 is 8.14. The van der Waals surface area contributed by atoms with Gasteiger partial charge in [-0.1, -0.05) is 54.6 Å². The van der Waals surface area contributed by atoms with E-state index in [1.165, 1.54) is 0 Å². The fourth-order valence-electron chi connectivity index (χ4n) is 4.15. The molecule has 1 amide bonds. The molecule has 0 atom stereocenters. The lowest BCUT2D eigenvalue weighted by atomic mass is 10.1. The lowest BCUT2D eigenvalue weighted by molar-refractivity contribution is 0.100. The molecule has 0 aliphatic carbocycles. The van der Waals surface area contributed by atoms with Crippen molar-refractivity contribution < 1.29 is 9.53 Å². The number of hydrogen-bond acceptors (Lipinski definition) is 2. The summed E-state index contributed by atoms with van der Waals surface area (Å²) in [6, 6.07) is 31.4. The monoisotopic (exact) mass is 419 g/mol. The maximum absolute atomic E-state index is 12.1. The number of aryl methyl sites for hydroxylation is 1. The largest absolute Gasteiger partial charge is 0.489 e. The summed E-state index contributed by atoms with van der Waals surface area (Å²) in [6.07, 6.45) is 0. The quantitative estimate of drug-likeness (QED) is 0.388. The number of hydrogen-bond donors (Lipinski definition) is 1. The van der Waals surface area contributed by atoms with E-state index in [2.05, 4.69) is 41.0 Å². The summed E-state index contributed by atoms with van der Waals surface area (Å²) in [5, 5.41) is 1.78. The van der Waals surface area contributed by atoms with Crippen LogP contribution in [0.25, 0.3) is 21.8 Å². The lowest BCUT2D eigenvalue weighted by Gasteiger charge is -2.10. The van der Waals surface area contributed by atoms with Crippen molar-refractivity contribution in [3.05, 3.63) is 113 Å². The second kappa shape index (κ2) is 8.23. The Hall–Kier alpha value is -4.05. The molecule has 0 saturated heterocycles. The zero-order chi connectivity index (χ0) is 22.1. The Labute approximate surface area is 186 Å². The molecular weight excluding hydrogens is 396 g/mol. The number of benzene rings is 4. The van der Waals surface area contributed by atoms with Gasteiger partial charge in [0.25, 0.3) is 0 Å². The molecule has 1 heterocycles. The van der Waals surface area contributed by atoms with Crippen molar-refractivity contribution in [1.29, 1.82) is 0 Å². The molecule has 32 heavy (non-hydrogen) atoms. The van der Waals surface area contributed by atoms with Crippen molar-refractivity contribution in [3.63, 3.8) is 0 Å². The van der Waals surface area contributed by atoms with Crippen LogP contribution in [0.1, 0.15) is 27.0 Å². The number of carbonyl (C=O) groups excluding carboxylic acids is 1. The van der Waals surface area contributed by atoms with Crippen LogP contribution in [-0.4, -0.2) is 10.5 Å². The Morgan fingerprint density at radius 1 is 0.938 bits per heavy atom. The summed E-state index contributed by atoms with van der Waals surface area (Å²) in [6.45, 7) is 3.25. The number of aromatic nitrogens is 1. The van der Waals surface area contributed by atoms with Crippen LogP contribution in [0.4, 0.5) is 0 Å². The first-order valence-electron chi connectivity index (χ1n) is 10.6. The number of amides is 1. The summed E-state index contributed by atoms with van der Waals surface area (Å²) in [4.78, 5) is 12.1. The Bertz CT molecular complexity index is 1420. The highest BCUT2D eigenvalue weighted by Crippen LogP contribution is 2.32. The molecule has 5 rings (SSSR count). The van der Waals surface area contributed by atoms with Crippen LogP contribution < -0.4 is 10.5 Å². The average Bonchev–Trinajstić information content (AvgIpc) is 3.12. The van der Waals surface area contributed by atoms with Gasteiger partial charge in [-0.05, 0) is 60.0 Å². The normalized spacial score (nSPS) is 11.2. The van der Waals surface area contributed by atoms with Crippen molar-refractivity contribution in [2.45, 2.75) is 20.1 Å². The van der Waals surface area contributed by atoms with E-state index in [9.17, 15) is 4.79 Å². The molecule has 4 heteroatoms. The van der Waals surface area contributed by atoms with E-state index >= 15 is 0 Å². The Morgan fingerprint density at radius 3 is 2.47 bits per heavy atom. The summed E-state index contributed by atoms with van der Waals surface area (Å²) >= 11 is 0. The molecular formula is C28H23N2O2. The van der Waals surface area contributed by atoms with Crippen molar-refractivity contribution in [2.75, 3.05) is 0 Å². The fraction of sp³-hybridized carbons (Fsp3) is 0.107. The predicted molar refractivity (Wildman–Crippen MR) is 128 cm³/mol. The van der Waals surface area contributed by atoms with E-state index in [0.29, 0.717) is 18.7 Å². The van der Waals surface area contributed by atoms with Gasteiger partial charge in [0.05, 0.1) is 11.0 Å². The SMILES string of the molecule is Cc1c[c]c2c3c(C(N)=O)cccc3n(Cc3ccc(OCc4ccccc4)cc3)c2c1. The highest BCUT2D eigenvalue weighted by molar-refractivity contribution is 6.17. The summed E-state index contributed by atoms with van der Waals surface area (Å²) in [7, 11) is 0. The summed E-state index contributed by atoms with van der Waals surface area (Å²) in [5.74, 6) is 0.406. The Balaban J connectivity index is 1.49. The van der Waals surface area contributed by atoms with Crippen molar-refractivity contribution >= 4 is 27.7 Å². The van der Waals surface area contributed by atoms with Gasteiger partial charge in [0.15, 0.2) is 0 Å². The number of fused-ring (bicyclic) bond motifs is 3. The zero-order valence-electron chi connectivity index (χ0n) is 17.8. The molecule has 0 bridgehead atoms. The molecule has 0 aliphatic rings. The molecule has 0 spiro atoms. The first-order chi connectivity index (χ1) is 15.6. The molecule has 5 aromatic rings. The number of rotatable bonds is 6. The van der Waals surface area contributed by atoms with Crippen LogP contribution in [0.15, 0.2) is 84.9 Å². The van der Waals surface area contributed by atoms with Crippen LogP contribution in [-0.2, 0) is 13.2 Å². The van der Waals surface area contributed by atoms with Gasteiger partial charge in [0.2, 0.25) is 5.91 Å². The first kappa shape index (κ1) is 19.9. The minimum atomic E-state index is -0.427. The highest BCUT2D eigenvalue weighted by atomic mass is 16.5. The Kier molecular flexibility index (Phi) is 5.12. The molecule has 1 aromatic heterocycles. The fourth-order valence-corrected chi connectivity index (χ4v) is 4.15. The van der Waals surface area contributed by atoms with E-state index in [1.54, 1.807) is 6.07 Å². The zero-order valence-corrected chi connectivity index (χ0v) is 17.8. The predicted octanol–water partition coefficient (Wildman–Crippen LogP) is 5.63. The third-order valence-corrected chi connectivity index (χ3v) is 5.72. The van der Waals surface area contributed by atoms with Gasteiger partial charge in [-0.15, -0.1) is 0 Å². The number of carbonyl (C=O) groups is 1. The van der Waals surface area contributed by atoms with Crippen molar-refractivity contribution in [2.24, 2.45) is 5.73 Å². The van der Waals surface area contributed by atoms with E-state index in [1.807, 2.05) is 55.5 Å². The van der Waals surface area contributed by atoms with Crippen LogP contribution in [0.3, 0.4) is 0 Å². The number of nitrogens with two attached hydrogens (primary N) is 1. The number of ether oxygens (including phenoxy) is 1. The van der Waals surface area contributed by atoms with Crippen LogP contribution in [0.2, 0.25) is 0 Å². The standard InChI is InChI=1S/C28H23N2O2/c1-19-10-15-23-26(16-19)30(25-9-5-8-24(27(23)25)28(29)31)17-20-11-13-22(14-12-20)32-18-21-6-3-2-4-7-21/h2-14,16H,17-18H2,1H3,(H2,29,31). The third kappa shape index (κ3) is 3.71. The molecule has 0 fully saturated rings. The second-order valence-corrected chi connectivity index (χ2v) is 8.01. The van der Waals surface area contributed by atoms with Gasteiger partial charge in [-0.25, -0.2) is 0 Å². The highest BCUT2D eigenvalue weighted by Gasteiger charge is 2.16. The molecule has 0 aliphatic heterocycles. The van der Waals surface area contributed by atoms with Crippen molar-refractivity contribution in [1.82, 2.24) is 4.57 Å². The lowest BCUT2D eigenvalue weighted by Crippen LogP contribution is -2.11. The average molecular weight is 420 g/mol. The molecule has 157 valence electrons. The second-order valence-electron chi connectivity index (χ2n) is 8.01. The van der Waals surface area contributed by atoms with Crippen LogP contribution in [0, 0.1) is 13.0 Å². The van der Waals surface area contributed by atoms with Crippen molar-refractivity contribution in [3.8, 4) is 5.75 Å². The number of primary amides is 1. The van der Waals surface area contributed by atoms with Crippen LogP contribution in [0.5, 0.6) is 5.75 Å². The first-order valence-corrected chi connectivity index (χ1v) is 10.6. The van der Waals surface area contributed by atoms with E-state index in [4.69, 9.17) is 10.5 Å². The smallest absolute Gasteiger partial charge is 0.249 e. The van der Waals surface area contributed by atoms with E-state index in [0.717, 1.165) is 44.2 Å². The van der Waals surface area contributed by atoms with Gasteiger partial charge in [-0.2, -0.15) is 0 Å². The Morgan fingerprint density at radius 2 is 1.72 bits per heavy atom. The molecule has 4 nitrogen and oxygen atoms in total. The van der Waals surface area contributed by atoms with Gasteiger partial charge in [0, 0.05) is 22.9 Å². The van der Waals surface area contributed by atoms with Gasteiger partial charge >= 0.3 is 0 Å². The molecule has 0 saturated carbocycles. The maximum atomic E-state index is 12.1. The molecule has 4 aromatic carbocycles. The maximum Gasteiger partial charge on any atom is 0.249 e.